The van der Waals surface area contributed by atoms with Crippen LogP contribution in [0.25, 0.3) is 0 Å². The van der Waals surface area contributed by atoms with E-state index in [2.05, 4.69) is 21.2 Å². The van der Waals surface area contributed by atoms with Crippen LogP contribution < -0.4 is 5.32 Å². The largest absolute Gasteiger partial charge is 0.349 e. The summed E-state index contributed by atoms with van der Waals surface area (Å²) in [6, 6.07) is 4.87. The van der Waals surface area contributed by atoms with Crippen LogP contribution in [0.15, 0.2) is 22.7 Å². The van der Waals surface area contributed by atoms with Gasteiger partial charge < -0.3 is 10.2 Å². The molecule has 0 aliphatic heterocycles. The molecule has 0 bridgehead atoms. The third kappa shape index (κ3) is 5.14. The fourth-order valence-electron chi connectivity index (χ4n) is 1.49. The molecule has 1 amide bonds. The van der Waals surface area contributed by atoms with Gasteiger partial charge in [0.2, 0.25) is 5.91 Å². The Morgan fingerprint density at radius 1 is 1.44 bits per heavy atom. The van der Waals surface area contributed by atoms with E-state index in [4.69, 9.17) is 0 Å². The third-order valence-electron chi connectivity index (χ3n) is 2.57. The summed E-state index contributed by atoms with van der Waals surface area (Å²) in [6.45, 7) is 1.17. The summed E-state index contributed by atoms with van der Waals surface area (Å²) in [5.74, 6) is -0.0968. The Labute approximate surface area is 115 Å². The fraction of sp³-hybridized carbons (Fsp3) is 0.462. The van der Waals surface area contributed by atoms with Crippen LogP contribution in [-0.2, 0) is 11.3 Å². The van der Waals surface area contributed by atoms with E-state index >= 15 is 0 Å². The molecule has 0 radical (unpaired) electrons. The molecule has 18 heavy (non-hydrogen) atoms. The molecular formula is C13H18BrFN2O. The molecule has 0 unspecified atom stereocenters. The first-order chi connectivity index (χ1) is 8.50. The molecule has 1 aromatic rings. The van der Waals surface area contributed by atoms with Gasteiger partial charge in [-0.2, -0.15) is 0 Å². The summed E-state index contributed by atoms with van der Waals surface area (Å²) in [5, 5.41) is 3.13. The Balaban J connectivity index is 2.26. The van der Waals surface area contributed by atoms with Crippen LogP contribution in [0.4, 0.5) is 4.39 Å². The predicted octanol–water partition coefficient (Wildman–Crippen LogP) is 2.55. The average molecular weight is 317 g/mol. The van der Waals surface area contributed by atoms with E-state index in [0.717, 1.165) is 10.9 Å². The molecule has 1 rings (SSSR count). The highest BCUT2D eigenvalue weighted by molar-refractivity contribution is 9.10. The second-order valence-electron chi connectivity index (χ2n) is 4.30. The van der Waals surface area contributed by atoms with Crippen molar-refractivity contribution in [1.82, 2.24) is 10.2 Å². The molecular weight excluding hydrogens is 299 g/mol. The molecule has 100 valence electrons. The lowest BCUT2D eigenvalue weighted by molar-refractivity contribution is -0.128. The summed E-state index contributed by atoms with van der Waals surface area (Å²) in [5.41, 5.74) is 0.628. The Morgan fingerprint density at radius 3 is 2.83 bits per heavy atom. The van der Waals surface area contributed by atoms with Crippen LogP contribution in [0.2, 0.25) is 0 Å². The van der Waals surface area contributed by atoms with Gasteiger partial charge in [-0.3, -0.25) is 4.79 Å². The lowest BCUT2D eigenvalue weighted by Crippen LogP contribution is -2.23. The first-order valence-corrected chi connectivity index (χ1v) is 6.65. The quantitative estimate of drug-likeness (QED) is 0.818. The highest BCUT2D eigenvalue weighted by Crippen LogP contribution is 2.15. The number of rotatable bonds is 6. The molecule has 0 saturated carbocycles. The molecule has 1 N–H and O–H groups in total. The van der Waals surface area contributed by atoms with E-state index in [1.165, 1.54) is 6.07 Å². The van der Waals surface area contributed by atoms with Crippen molar-refractivity contribution in [3.8, 4) is 0 Å². The Kier molecular flexibility index (Phi) is 6.29. The summed E-state index contributed by atoms with van der Waals surface area (Å²) in [6.07, 6.45) is 1.27. The number of halogens is 2. The molecule has 0 aliphatic rings. The predicted molar refractivity (Wildman–Crippen MR) is 73.7 cm³/mol. The van der Waals surface area contributed by atoms with Crippen LogP contribution >= 0.6 is 15.9 Å². The summed E-state index contributed by atoms with van der Waals surface area (Å²) in [4.78, 5) is 12.9. The number of hydrogen-bond donors (Lipinski definition) is 1. The van der Waals surface area contributed by atoms with E-state index < -0.39 is 0 Å². The molecule has 0 atom stereocenters. The molecule has 0 aliphatic carbocycles. The second-order valence-corrected chi connectivity index (χ2v) is 5.22. The van der Waals surface area contributed by atoms with Crippen LogP contribution in [0, 0.1) is 5.82 Å². The van der Waals surface area contributed by atoms with Gasteiger partial charge in [-0.05, 0) is 31.2 Å². The maximum Gasteiger partial charge on any atom is 0.222 e. The van der Waals surface area contributed by atoms with Crippen molar-refractivity contribution < 1.29 is 9.18 Å². The van der Waals surface area contributed by atoms with Crippen molar-refractivity contribution in [3.05, 3.63) is 34.1 Å². The lowest BCUT2D eigenvalue weighted by atomic mass is 10.2. The zero-order valence-corrected chi connectivity index (χ0v) is 12.3. The SMILES string of the molecule is CN(C)C(=O)CCCNCc1cc(Br)ccc1F. The molecule has 0 spiro atoms. The summed E-state index contributed by atoms with van der Waals surface area (Å²) >= 11 is 3.31. The minimum absolute atomic E-state index is 0.116. The Morgan fingerprint density at radius 2 is 2.17 bits per heavy atom. The van der Waals surface area contributed by atoms with Crippen molar-refractivity contribution in [3.63, 3.8) is 0 Å². The smallest absolute Gasteiger partial charge is 0.222 e. The molecule has 0 saturated heterocycles. The number of benzene rings is 1. The van der Waals surface area contributed by atoms with Gasteiger partial charge in [-0.15, -0.1) is 0 Å². The molecule has 3 nitrogen and oxygen atoms in total. The van der Waals surface area contributed by atoms with E-state index in [9.17, 15) is 9.18 Å². The number of carbonyl (C=O) groups is 1. The molecule has 1 aromatic carbocycles. The van der Waals surface area contributed by atoms with Crippen molar-refractivity contribution >= 4 is 21.8 Å². The van der Waals surface area contributed by atoms with Crippen LogP contribution in [-0.4, -0.2) is 31.4 Å². The van der Waals surface area contributed by atoms with Crippen molar-refractivity contribution in [1.29, 1.82) is 0 Å². The zero-order chi connectivity index (χ0) is 13.5. The van der Waals surface area contributed by atoms with Gasteiger partial charge in [0, 0.05) is 37.1 Å². The van der Waals surface area contributed by atoms with E-state index in [1.807, 2.05) is 0 Å². The second kappa shape index (κ2) is 7.48. The molecule has 0 aromatic heterocycles. The van der Waals surface area contributed by atoms with Gasteiger partial charge in [0.05, 0.1) is 0 Å². The Hall–Kier alpha value is -0.940. The van der Waals surface area contributed by atoms with Crippen molar-refractivity contribution in [2.45, 2.75) is 19.4 Å². The van der Waals surface area contributed by atoms with Crippen LogP contribution in [0.3, 0.4) is 0 Å². The minimum atomic E-state index is -0.213. The monoisotopic (exact) mass is 316 g/mol. The highest BCUT2D eigenvalue weighted by Gasteiger charge is 2.04. The molecule has 0 heterocycles. The van der Waals surface area contributed by atoms with Crippen molar-refractivity contribution in [2.24, 2.45) is 0 Å². The van der Waals surface area contributed by atoms with Crippen LogP contribution in [0.1, 0.15) is 18.4 Å². The highest BCUT2D eigenvalue weighted by atomic mass is 79.9. The van der Waals surface area contributed by atoms with Gasteiger partial charge in [-0.1, -0.05) is 15.9 Å². The normalized spacial score (nSPS) is 10.4. The average Bonchev–Trinajstić information content (AvgIpc) is 2.32. The number of amides is 1. The first-order valence-electron chi connectivity index (χ1n) is 5.85. The van der Waals surface area contributed by atoms with Gasteiger partial charge in [0.25, 0.3) is 0 Å². The number of nitrogens with zero attached hydrogens (tertiary/aromatic N) is 1. The molecule has 0 fully saturated rings. The minimum Gasteiger partial charge on any atom is -0.349 e. The van der Waals surface area contributed by atoms with Gasteiger partial charge in [0.1, 0.15) is 5.82 Å². The van der Waals surface area contributed by atoms with Crippen LogP contribution in [0.5, 0.6) is 0 Å². The maximum absolute atomic E-state index is 13.4. The summed E-state index contributed by atoms with van der Waals surface area (Å²) < 4.78 is 14.3. The van der Waals surface area contributed by atoms with E-state index in [0.29, 0.717) is 25.1 Å². The van der Waals surface area contributed by atoms with E-state index in [-0.39, 0.29) is 11.7 Å². The van der Waals surface area contributed by atoms with E-state index in [1.54, 1.807) is 31.1 Å². The number of nitrogens with one attached hydrogen (secondary N) is 1. The fourth-order valence-corrected chi connectivity index (χ4v) is 1.90. The maximum atomic E-state index is 13.4. The first kappa shape index (κ1) is 15.1. The third-order valence-corrected chi connectivity index (χ3v) is 3.06. The number of hydrogen-bond acceptors (Lipinski definition) is 2. The van der Waals surface area contributed by atoms with Crippen molar-refractivity contribution in [2.75, 3.05) is 20.6 Å². The number of carbonyl (C=O) groups excluding carboxylic acids is 1. The summed E-state index contributed by atoms with van der Waals surface area (Å²) in [7, 11) is 3.49. The van der Waals surface area contributed by atoms with Gasteiger partial charge >= 0.3 is 0 Å². The zero-order valence-electron chi connectivity index (χ0n) is 10.7. The Bertz CT molecular complexity index is 410. The standard InChI is InChI=1S/C13H18BrFN2O/c1-17(2)13(18)4-3-7-16-9-10-8-11(14)5-6-12(10)15/h5-6,8,16H,3-4,7,9H2,1-2H3. The molecule has 5 heteroatoms. The lowest BCUT2D eigenvalue weighted by Gasteiger charge is -2.10. The van der Waals surface area contributed by atoms with Gasteiger partial charge in [-0.25, -0.2) is 4.39 Å². The topological polar surface area (TPSA) is 32.3 Å². The van der Waals surface area contributed by atoms with Gasteiger partial charge in [0.15, 0.2) is 0 Å².